The number of imide groups is 1. The third-order valence-corrected chi connectivity index (χ3v) is 14.0. The van der Waals surface area contributed by atoms with Crippen molar-refractivity contribution in [1.29, 1.82) is 0 Å². The molecule has 0 radical (unpaired) electrons. The molecule has 1 unspecified atom stereocenters. The van der Waals surface area contributed by atoms with Crippen LogP contribution in [0, 0.1) is 12.7 Å². The second-order valence-corrected chi connectivity index (χ2v) is 19.0. The van der Waals surface area contributed by atoms with Crippen molar-refractivity contribution in [3.63, 3.8) is 0 Å². The molecular weight excluding hydrogens is 990 g/mol. The predicted octanol–water partition coefficient (Wildman–Crippen LogP) is 0.673. The number of pyridine rings is 2. The van der Waals surface area contributed by atoms with Gasteiger partial charge in [0.25, 0.3) is 17.4 Å². The largest absolute Gasteiger partial charge is 0.458 e. The number of hydrogen-bond donors (Lipinski definition) is 7. The second kappa shape index (κ2) is 23.6. The highest BCUT2D eigenvalue weighted by Crippen LogP contribution is 2.46. The Morgan fingerprint density at radius 2 is 1.58 bits per heavy atom. The fourth-order valence-electron chi connectivity index (χ4n) is 9.93. The number of fused-ring (bicyclic) bond motifs is 5. The number of unbranched alkanes of at least 4 members (excludes halogenated alkanes) is 2. The fraction of sp³-hybridized carbons (Fsp3) is 0.415. The van der Waals surface area contributed by atoms with Crippen LogP contribution in [-0.2, 0) is 84.2 Å². The van der Waals surface area contributed by atoms with Crippen LogP contribution < -0.4 is 37.5 Å². The molecule has 0 bridgehead atoms. The highest BCUT2D eigenvalue weighted by Gasteiger charge is 2.46. The van der Waals surface area contributed by atoms with Gasteiger partial charge in [0.15, 0.2) is 5.60 Å². The van der Waals surface area contributed by atoms with Crippen LogP contribution in [0.2, 0.25) is 0 Å². The summed E-state index contributed by atoms with van der Waals surface area (Å²) in [6.07, 6.45) is 5.31. The second-order valence-electron chi connectivity index (χ2n) is 19.0. The lowest BCUT2D eigenvalue weighted by Gasteiger charge is -2.31. The molecule has 0 saturated carbocycles. The van der Waals surface area contributed by atoms with Gasteiger partial charge in [-0.15, -0.1) is 0 Å². The van der Waals surface area contributed by atoms with Gasteiger partial charge in [-0.3, -0.25) is 48.1 Å². The highest BCUT2D eigenvalue weighted by molar-refractivity contribution is 6.12. The number of nitrogens with zero attached hydrogens (tertiary/aromatic N) is 3. The maximum absolute atomic E-state index is 15.4. The Kier molecular flexibility index (Phi) is 16.8. The lowest BCUT2D eigenvalue weighted by atomic mass is 9.81. The molecule has 76 heavy (non-hydrogen) atoms. The minimum absolute atomic E-state index is 0.0499. The third-order valence-electron chi connectivity index (χ3n) is 14.0. The van der Waals surface area contributed by atoms with Gasteiger partial charge in [0.1, 0.15) is 31.8 Å². The number of carbonyl (C=O) groups is 9. The number of nitrogens with one attached hydrogen (secondary N) is 6. The van der Waals surface area contributed by atoms with E-state index >= 15 is 4.39 Å². The van der Waals surface area contributed by atoms with E-state index in [-0.39, 0.29) is 61.9 Å². The van der Waals surface area contributed by atoms with Crippen molar-refractivity contribution in [3.8, 4) is 11.4 Å². The zero-order chi connectivity index (χ0) is 54.3. The summed E-state index contributed by atoms with van der Waals surface area (Å²) in [6.45, 7) is 0.915. The van der Waals surface area contributed by atoms with Gasteiger partial charge in [-0.2, -0.15) is 0 Å². The number of rotatable bonds is 23. The average molecular weight is 1050 g/mol. The van der Waals surface area contributed by atoms with Gasteiger partial charge < -0.3 is 51.0 Å². The molecule has 400 valence electrons. The monoisotopic (exact) mass is 1050 g/mol. The number of carbonyl (C=O) groups excluding carboxylic acids is 9. The number of benzene rings is 2. The number of aliphatic hydroxyl groups is 1. The van der Waals surface area contributed by atoms with E-state index in [9.17, 15) is 53.1 Å². The van der Waals surface area contributed by atoms with E-state index in [1.807, 2.05) is 30.3 Å². The summed E-state index contributed by atoms with van der Waals surface area (Å²) in [5.41, 5.74) is 2.04. The Bertz CT molecular complexity index is 3110. The minimum Gasteiger partial charge on any atom is -0.458 e. The zero-order valence-corrected chi connectivity index (χ0v) is 41.9. The Morgan fingerprint density at radius 3 is 2.33 bits per heavy atom. The van der Waals surface area contributed by atoms with Gasteiger partial charge >= 0.3 is 5.97 Å². The number of halogens is 1. The molecule has 4 aromatic rings. The number of aryl methyl sites for hydroxylation is 2. The van der Waals surface area contributed by atoms with E-state index in [2.05, 4.69) is 31.9 Å². The molecule has 7 N–H and O–H groups in total. The van der Waals surface area contributed by atoms with Crippen molar-refractivity contribution in [2.24, 2.45) is 0 Å². The first kappa shape index (κ1) is 54.1. The maximum atomic E-state index is 15.4. The molecule has 2 aromatic carbocycles. The van der Waals surface area contributed by atoms with Gasteiger partial charge in [-0.05, 0) is 80.2 Å². The Labute approximate surface area is 434 Å². The molecule has 22 nitrogen and oxygen atoms in total. The van der Waals surface area contributed by atoms with Gasteiger partial charge in [-0.25, -0.2) is 14.2 Å². The zero-order valence-electron chi connectivity index (χ0n) is 41.9. The first-order chi connectivity index (χ1) is 36.5. The molecule has 23 heteroatoms. The Hall–Kier alpha value is -8.18. The molecule has 0 saturated heterocycles. The van der Waals surface area contributed by atoms with Crippen molar-refractivity contribution in [1.82, 2.24) is 46.4 Å². The number of cyclic esters (lactones) is 1. The average Bonchev–Trinajstić information content (AvgIpc) is 4.01. The molecule has 0 spiro atoms. The van der Waals surface area contributed by atoms with E-state index in [1.54, 1.807) is 19.9 Å². The molecule has 3 atom stereocenters. The Balaban J connectivity index is 0.806. The molecule has 3 aliphatic heterocycles. The third kappa shape index (κ3) is 11.8. The molecule has 8 amide bonds. The number of esters is 1. The van der Waals surface area contributed by atoms with Gasteiger partial charge in [0, 0.05) is 47.7 Å². The van der Waals surface area contributed by atoms with Crippen LogP contribution in [0.25, 0.3) is 22.3 Å². The van der Waals surface area contributed by atoms with Gasteiger partial charge in [0.2, 0.25) is 35.4 Å². The first-order valence-electron chi connectivity index (χ1n) is 25.1. The molecule has 5 heterocycles. The normalized spacial score (nSPS) is 17.3. The molecule has 0 fully saturated rings. The molecule has 4 aliphatic rings. The number of amides is 8. The maximum Gasteiger partial charge on any atom is 0.343 e. The molecule has 1 aliphatic carbocycles. The molecule has 8 rings (SSSR count). The van der Waals surface area contributed by atoms with Crippen molar-refractivity contribution in [3.05, 3.63) is 110 Å². The van der Waals surface area contributed by atoms with Crippen LogP contribution in [0.1, 0.15) is 96.9 Å². The van der Waals surface area contributed by atoms with Crippen molar-refractivity contribution in [2.45, 2.75) is 102 Å². The lowest BCUT2D eigenvalue weighted by molar-refractivity contribution is -0.172. The summed E-state index contributed by atoms with van der Waals surface area (Å²) in [5, 5.41) is 27.4. The van der Waals surface area contributed by atoms with Crippen molar-refractivity contribution >= 4 is 64.1 Å². The van der Waals surface area contributed by atoms with Crippen LogP contribution in [0.3, 0.4) is 0 Å². The van der Waals surface area contributed by atoms with E-state index in [0.717, 1.165) is 16.0 Å². The summed E-state index contributed by atoms with van der Waals surface area (Å²) in [5.74, 6) is -5.73. The highest BCUT2D eigenvalue weighted by atomic mass is 19.1. The van der Waals surface area contributed by atoms with E-state index in [4.69, 9.17) is 14.5 Å². The van der Waals surface area contributed by atoms with E-state index in [1.165, 1.54) is 22.8 Å². The van der Waals surface area contributed by atoms with Gasteiger partial charge in [-0.1, -0.05) is 43.7 Å². The van der Waals surface area contributed by atoms with E-state index in [0.29, 0.717) is 77.5 Å². The summed E-state index contributed by atoms with van der Waals surface area (Å²) in [6, 6.07) is 10.3. The molecule has 2 aromatic heterocycles. The lowest BCUT2D eigenvalue weighted by Crippen LogP contribution is -2.51. The van der Waals surface area contributed by atoms with Gasteiger partial charge in [0.05, 0.1) is 54.7 Å². The van der Waals surface area contributed by atoms with Crippen molar-refractivity contribution in [2.75, 3.05) is 39.5 Å². The quantitative estimate of drug-likeness (QED) is 0.0205. The number of ether oxygens (including phenoxy) is 2. The predicted molar refractivity (Wildman–Crippen MR) is 267 cm³/mol. The number of hydrogen-bond acceptors (Lipinski definition) is 14. The smallest absolute Gasteiger partial charge is 0.343 e. The first-order valence-corrected chi connectivity index (χ1v) is 25.1. The topological polar surface area (TPSA) is 303 Å². The summed E-state index contributed by atoms with van der Waals surface area (Å²) < 4.78 is 27.5. The minimum atomic E-state index is -2.05. The SMILES string of the molecule is CC[C@@]1(O)C(=O)OCc2c1cc1n(c2=O)Cc2c-1nc1cc(F)c(C)c3c1c2C(NC(=O)COCNC(=O)CNC(=O)[C@H](CCc1ccccc1)NC(=O)CNC(=O)CNC(=O)CCCCCN1C(=O)C=CC1=O)CC3. The van der Waals surface area contributed by atoms with Crippen LogP contribution in [0.5, 0.6) is 0 Å². The Morgan fingerprint density at radius 1 is 0.868 bits per heavy atom. The fourth-order valence-corrected chi connectivity index (χ4v) is 9.93. The van der Waals surface area contributed by atoms with Crippen LogP contribution in [0.15, 0.2) is 59.4 Å². The number of aromatic nitrogens is 2. The van der Waals surface area contributed by atoms with Crippen molar-refractivity contribution < 1.29 is 62.1 Å². The summed E-state index contributed by atoms with van der Waals surface area (Å²) in [4.78, 5) is 133. The van der Waals surface area contributed by atoms with E-state index < -0.39 is 103 Å². The summed E-state index contributed by atoms with van der Waals surface area (Å²) >= 11 is 0. The molecular formula is C53H58FN9O13. The van der Waals surface area contributed by atoms with Crippen LogP contribution in [-0.4, -0.2) is 118 Å². The standard InChI is InChI=1S/C53H58FN9O13/c1-3-53(74)34-20-39-49-32(25-63(39)51(72)33(34)26-76-52(53)73)48-36(16-14-31-29(2)35(54)21-38(61-49)47(31)48)59-44(68)27-75-28-58-42(66)23-57-50(71)37(15-13-30-10-6-4-7-11-30)60-43(67)24-56-41(65)22-55-40(64)12-8-5-9-19-62-45(69)17-18-46(62)70/h4,6-7,10-11,17-18,20-21,36-37,74H,3,5,8-9,12-16,19,22-28H2,1-2H3,(H,55,64)(H,56,65)(H,57,71)(H,58,66)(H,59,68)(H,60,67)/t36?,37-,53-/m0/s1. The van der Waals surface area contributed by atoms with Crippen LogP contribution in [0.4, 0.5) is 4.39 Å². The summed E-state index contributed by atoms with van der Waals surface area (Å²) in [7, 11) is 0. The van der Waals surface area contributed by atoms with Crippen LogP contribution >= 0.6 is 0 Å².